The van der Waals surface area contributed by atoms with E-state index >= 15 is 0 Å². The largest absolute Gasteiger partial charge is 0.490 e. The summed E-state index contributed by atoms with van der Waals surface area (Å²) < 4.78 is 25.0. The van der Waals surface area contributed by atoms with Crippen LogP contribution in [0.4, 0.5) is 10.1 Å². The molecule has 6 nitrogen and oxygen atoms in total. The molecule has 7 heteroatoms. The van der Waals surface area contributed by atoms with Gasteiger partial charge in [-0.2, -0.15) is 0 Å². The number of imide groups is 1. The Hall–Kier alpha value is -2.77. The molecule has 0 aromatic heterocycles. The number of anilines is 1. The number of benzene rings is 2. The average molecular weight is 370 g/mol. The fourth-order valence-corrected chi connectivity index (χ4v) is 3.30. The van der Waals surface area contributed by atoms with Crippen LogP contribution in [0, 0.1) is 5.82 Å². The summed E-state index contributed by atoms with van der Waals surface area (Å²) in [5.74, 6) is -1.18. The number of hydrogen-bond donors (Lipinski definition) is 0. The van der Waals surface area contributed by atoms with E-state index in [0.717, 1.165) is 24.1 Å². The minimum Gasteiger partial charge on any atom is -0.490 e. The average Bonchev–Trinajstić information content (AvgIpc) is 2.95. The van der Waals surface area contributed by atoms with Gasteiger partial charge in [-0.3, -0.25) is 14.5 Å². The molecule has 0 unspecified atom stereocenters. The number of halogens is 1. The van der Waals surface area contributed by atoms with Crippen LogP contribution in [0.2, 0.25) is 0 Å². The van der Waals surface area contributed by atoms with Gasteiger partial charge in [0.2, 0.25) is 0 Å². The van der Waals surface area contributed by atoms with E-state index in [2.05, 4.69) is 4.90 Å². The Morgan fingerprint density at radius 1 is 1.00 bits per heavy atom. The van der Waals surface area contributed by atoms with E-state index in [1.165, 1.54) is 12.1 Å². The van der Waals surface area contributed by atoms with Gasteiger partial charge in [-0.15, -0.1) is 0 Å². The number of hydrogen-bond acceptors (Lipinski definition) is 5. The van der Waals surface area contributed by atoms with E-state index in [0.29, 0.717) is 43.2 Å². The second-order valence-corrected chi connectivity index (χ2v) is 6.41. The maximum Gasteiger partial charge on any atom is 0.266 e. The molecule has 140 valence electrons. The predicted octanol–water partition coefficient (Wildman–Crippen LogP) is 2.34. The third-order valence-electron chi connectivity index (χ3n) is 4.72. The van der Waals surface area contributed by atoms with E-state index < -0.39 is 17.6 Å². The number of nitrogens with zero attached hydrogens (tertiary/aromatic N) is 2. The summed E-state index contributed by atoms with van der Waals surface area (Å²) in [5, 5.41) is 0. The highest BCUT2D eigenvalue weighted by molar-refractivity contribution is 6.34. The summed E-state index contributed by atoms with van der Waals surface area (Å²) in [6.45, 7) is 4.09. The molecule has 2 amide bonds. The summed E-state index contributed by atoms with van der Waals surface area (Å²) in [5.41, 5.74) is 0.750. The molecule has 0 atom stereocenters. The predicted molar refractivity (Wildman–Crippen MR) is 96.7 cm³/mol. The van der Waals surface area contributed by atoms with E-state index in [1.807, 2.05) is 0 Å². The minimum atomic E-state index is -0.540. The number of rotatable bonds is 5. The van der Waals surface area contributed by atoms with Gasteiger partial charge in [0.15, 0.2) is 0 Å². The normalized spacial score (nSPS) is 17.3. The lowest BCUT2D eigenvalue weighted by Gasteiger charge is -2.26. The molecular formula is C20H19FN2O4. The molecule has 0 spiro atoms. The van der Waals surface area contributed by atoms with Crippen molar-refractivity contribution in [3.8, 4) is 5.75 Å². The molecule has 2 heterocycles. The maximum absolute atomic E-state index is 13.9. The van der Waals surface area contributed by atoms with Crippen LogP contribution >= 0.6 is 0 Å². The first-order chi connectivity index (χ1) is 13.1. The summed E-state index contributed by atoms with van der Waals surface area (Å²) in [4.78, 5) is 28.6. The van der Waals surface area contributed by atoms with Crippen LogP contribution < -0.4 is 9.64 Å². The second-order valence-electron chi connectivity index (χ2n) is 6.41. The zero-order chi connectivity index (χ0) is 18.8. The van der Waals surface area contributed by atoms with Crippen molar-refractivity contribution >= 4 is 17.5 Å². The number of carbonyl (C=O) groups excluding carboxylic acids is 2. The van der Waals surface area contributed by atoms with Gasteiger partial charge in [-0.05, 0) is 24.3 Å². The lowest BCUT2D eigenvalue weighted by molar-refractivity contribution is 0.0322. The third kappa shape index (κ3) is 3.43. The third-order valence-corrected chi connectivity index (χ3v) is 4.72. The summed E-state index contributed by atoms with van der Waals surface area (Å²) in [7, 11) is 0. The number of amides is 2. The monoisotopic (exact) mass is 370 g/mol. The Kier molecular flexibility index (Phi) is 4.87. The number of fused-ring (bicyclic) bond motifs is 1. The van der Waals surface area contributed by atoms with Crippen molar-refractivity contribution in [2.75, 3.05) is 44.4 Å². The van der Waals surface area contributed by atoms with E-state index in [9.17, 15) is 14.0 Å². The van der Waals surface area contributed by atoms with Crippen LogP contribution in [0.1, 0.15) is 20.7 Å². The lowest BCUT2D eigenvalue weighted by atomic mass is 10.1. The SMILES string of the molecule is O=C1c2ccccc2C(=O)N1c1cc(F)ccc1OCCN1CCOCC1. The number of morpholine rings is 1. The van der Waals surface area contributed by atoms with Crippen LogP contribution in [0.3, 0.4) is 0 Å². The van der Waals surface area contributed by atoms with Gasteiger partial charge < -0.3 is 9.47 Å². The van der Waals surface area contributed by atoms with Gasteiger partial charge in [0.1, 0.15) is 18.2 Å². The molecule has 0 saturated carbocycles. The quantitative estimate of drug-likeness (QED) is 0.756. The van der Waals surface area contributed by atoms with E-state index in [4.69, 9.17) is 9.47 Å². The van der Waals surface area contributed by atoms with Gasteiger partial charge >= 0.3 is 0 Å². The molecular weight excluding hydrogens is 351 g/mol. The summed E-state index contributed by atoms with van der Waals surface area (Å²) >= 11 is 0. The highest BCUT2D eigenvalue weighted by Crippen LogP contribution is 2.35. The molecule has 2 aromatic carbocycles. The van der Waals surface area contributed by atoms with Gasteiger partial charge in [-0.25, -0.2) is 9.29 Å². The molecule has 4 rings (SSSR count). The number of carbonyl (C=O) groups is 2. The Morgan fingerprint density at radius 3 is 2.33 bits per heavy atom. The molecule has 27 heavy (non-hydrogen) atoms. The van der Waals surface area contributed by atoms with Crippen molar-refractivity contribution < 1.29 is 23.5 Å². The highest BCUT2D eigenvalue weighted by atomic mass is 19.1. The lowest BCUT2D eigenvalue weighted by Crippen LogP contribution is -2.38. The maximum atomic E-state index is 13.9. The van der Waals surface area contributed by atoms with Crippen LogP contribution in [0.25, 0.3) is 0 Å². The molecule has 1 fully saturated rings. The van der Waals surface area contributed by atoms with Gasteiger partial charge in [0, 0.05) is 25.7 Å². The summed E-state index contributed by atoms with van der Waals surface area (Å²) in [6.07, 6.45) is 0. The fraction of sp³-hybridized carbons (Fsp3) is 0.300. The van der Waals surface area contributed by atoms with Crippen molar-refractivity contribution in [3.63, 3.8) is 0 Å². The zero-order valence-corrected chi connectivity index (χ0v) is 14.7. The second kappa shape index (κ2) is 7.46. The topological polar surface area (TPSA) is 59.1 Å². The molecule has 0 N–H and O–H groups in total. The first-order valence-corrected chi connectivity index (χ1v) is 8.85. The Balaban J connectivity index is 1.55. The first-order valence-electron chi connectivity index (χ1n) is 8.85. The standard InChI is InChI=1S/C20H19FN2O4/c21-14-5-6-18(27-12-9-22-7-10-26-11-8-22)17(13-14)23-19(24)15-3-1-2-4-16(15)20(23)25/h1-6,13H,7-12H2. The van der Waals surface area contributed by atoms with Crippen molar-refractivity contribution in [1.29, 1.82) is 0 Å². The van der Waals surface area contributed by atoms with Crippen molar-refractivity contribution in [3.05, 3.63) is 59.4 Å². The molecule has 2 aliphatic rings. The molecule has 2 aliphatic heterocycles. The van der Waals surface area contributed by atoms with Crippen molar-refractivity contribution in [2.45, 2.75) is 0 Å². The fourth-order valence-electron chi connectivity index (χ4n) is 3.30. The number of ether oxygens (including phenoxy) is 2. The Morgan fingerprint density at radius 2 is 1.67 bits per heavy atom. The van der Waals surface area contributed by atoms with Gasteiger partial charge in [0.25, 0.3) is 11.8 Å². The molecule has 1 saturated heterocycles. The molecule has 0 bridgehead atoms. The van der Waals surface area contributed by atoms with Crippen molar-refractivity contribution in [1.82, 2.24) is 4.90 Å². The van der Waals surface area contributed by atoms with E-state index in [1.54, 1.807) is 24.3 Å². The Bertz CT molecular complexity index is 845. The van der Waals surface area contributed by atoms with Gasteiger partial charge in [-0.1, -0.05) is 12.1 Å². The van der Waals surface area contributed by atoms with Crippen LogP contribution in [0.15, 0.2) is 42.5 Å². The molecule has 2 aromatic rings. The smallest absolute Gasteiger partial charge is 0.266 e. The zero-order valence-electron chi connectivity index (χ0n) is 14.7. The minimum absolute atomic E-state index is 0.128. The van der Waals surface area contributed by atoms with Crippen LogP contribution in [-0.4, -0.2) is 56.2 Å². The first kappa shape index (κ1) is 17.6. The van der Waals surface area contributed by atoms with Crippen molar-refractivity contribution in [2.24, 2.45) is 0 Å². The molecule has 0 aliphatic carbocycles. The van der Waals surface area contributed by atoms with Crippen LogP contribution in [-0.2, 0) is 4.74 Å². The van der Waals surface area contributed by atoms with Crippen LogP contribution in [0.5, 0.6) is 5.75 Å². The Labute approximate surface area is 156 Å². The van der Waals surface area contributed by atoms with Gasteiger partial charge in [0.05, 0.1) is 30.0 Å². The highest BCUT2D eigenvalue weighted by Gasteiger charge is 2.38. The van der Waals surface area contributed by atoms with E-state index in [-0.39, 0.29) is 5.69 Å². The molecule has 0 radical (unpaired) electrons. The summed E-state index contributed by atoms with van der Waals surface area (Å²) in [6, 6.07) is 10.4.